The minimum atomic E-state index is 0.0618. The summed E-state index contributed by atoms with van der Waals surface area (Å²) in [6.07, 6.45) is 0.720. The molecule has 0 aliphatic carbocycles. The maximum Gasteiger partial charge on any atom is 0.230 e. The molecule has 0 bridgehead atoms. The van der Waals surface area contributed by atoms with Crippen LogP contribution in [-0.4, -0.2) is 18.2 Å². The molecular formula is C13H15NOS. The van der Waals surface area contributed by atoms with E-state index in [1.807, 2.05) is 30.3 Å². The molecular weight excluding hydrogens is 218 g/mol. The molecule has 1 aromatic rings. The van der Waals surface area contributed by atoms with Crippen molar-refractivity contribution < 1.29 is 4.79 Å². The van der Waals surface area contributed by atoms with E-state index in [2.05, 4.69) is 17.2 Å². The second-order valence-corrected chi connectivity index (χ2v) is 4.18. The van der Waals surface area contributed by atoms with Crippen LogP contribution in [0.3, 0.4) is 0 Å². The Bertz CT molecular complexity index is 378. The van der Waals surface area contributed by atoms with Crippen molar-refractivity contribution in [1.82, 2.24) is 5.32 Å². The molecule has 0 fully saturated rings. The average molecular weight is 233 g/mol. The fourth-order valence-corrected chi connectivity index (χ4v) is 1.86. The molecule has 0 aliphatic heterocycles. The minimum Gasteiger partial charge on any atom is -0.354 e. The number of benzene rings is 1. The number of hydrogen-bond donors (Lipinski definition) is 1. The third-order valence-corrected chi connectivity index (χ3v) is 2.87. The van der Waals surface area contributed by atoms with E-state index in [0.29, 0.717) is 12.3 Å². The van der Waals surface area contributed by atoms with Gasteiger partial charge in [-0.3, -0.25) is 4.79 Å². The number of carbonyl (C=O) groups is 1. The van der Waals surface area contributed by atoms with E-state index in [-0.39, 0.29) is 5.91 Å². The van der Waals surface area contributed by atoms with Gasteiger partial charge in [-0.25, -0.2) is 0 Å². The molecule has 0 heterocycles. The SMILES string of the molecule is CC#CCCNC(=O)CSc1ccccc1. The highest BCUT2D eigenvalue weighted by molar-refractivity contribution is 8.00. The molecule has 0 radical (unpaired) electrons. The molecule has 1 rings (SSSR count). The molecule has 1 aromatic carbocycles. The predicted molar refractivity (Wildman–Crippen MR) is 68.2 cm³/mol. The average Bonchev–Trinajstić information content (AvgIpc) is 2.33. The van der Waals surface area contributed by atoms with E-state index >= 15 is 0 Å². The van der Waals surface area contributed by atoms with Gasteiger partial charge in [-0.1, -0.05) is 18.2 Å². The summed E-state index contributed by atoms with van der Waals surface area (Å²) in [5.74, 6) is 6.22. The van der Waals surface area contributed by atoms with E-state index in [1.54, 1.807) is 18.7 Å². The van der Waals surface area contributed by atoms with Gasteiger partial charge in [-0.2, -0.15) is 0 Å². The van der Waals surface area contributed by atoms with Crippen LogP contribution >= 0.6 is 11.8 Å². The molecule has 0 spiro atoms. The summed E-state index contributed by atoms with van der Waals surface area (Å²) in [6, 6.07) is 9.91. The zero-order valence-corrected chi connectivity index (χ0v) is 10.1. The Morgan fingerprint density at radius 3 is 2.81 bits per heavy atom. The van der Waals surface area contributed by atoms with Crippen molar-refractivity contribution in [2.45, 2.75) is 18.2 Å². The molecule has 84 valence electrons. The summed E-state index contributed by atoms with van der Waals surface area (Å²) in [4.78, 5) is 12.5. The highest BCUT2D eigenvalue weighted by Crippen LogP contribution is 2.15. The number of rotatable bonds is 5. The molecule has 0 saturated carbocycles. The molecule has 0 aliphatic rings. The molecule has 0 saturated heterocycles. The van der Waals surface area contributed by atoms with Gasteiger partial charge in [0.15, 0.2) is 0 Å². The molecule has 1 amide bonds. The number of hydrogen-bond acceptors (Lipinski definition) is 2. The molecule has 2 nitrogen and oxygen atoms in total. The number of thioether (sulfide) groups is 1. The summed E-state index contributed by atoms with van der Waals surface area (Å²) < 4.78 is 0. The largest absolute Gasteiger partial charge is 0.354 e. The highest BCUT2D eigenvalue weighted by atomic mass is 32.2. The van der Waals surface area contributed by atoms with Crippen molar-refractivity contribution in [1.29, 1.82) is 0 Å². The van der Waals surface area contributed by atoms with Crippen molar-refractivity contribution in [2.75, 3.05) is 12.3 Å². The fraction of sp³-hybridized carbons (Fsp3) is 0.308. The normalized spacial score (nSPS) is 9.06. The summed E-state index contributed by atoms with van der Waals surface area (Å²) in [7, 11) is 0. The Morgan fingerprint density at radius 2 is 2.12 bits per heavy atom. The van der Waals surface area contributed by atoms with E-state index in [1.165, 1.54) is 0 Å². The third kappa shape index (κ3) is 5.47. The van der Waals surface area contributed by atoms with Crippen LogP contribution in [-0.2, 0) is 4.79 Å². The standard InChI is InChI=1S/C13H15NOS/c1-2-3-7-10-14-13(15)11-16-12-8-5-4-6-9-12/h4-6,8-9H,7,10-11H2,1H3,(H,14,15). The minimum absolute atomic E-state index is 0.0618. The van der Waals surface area contributed by atoms with Gasteiger partial charge >= 0.3 is 0 Å². The van der Waals surface area contributed by atoms with Crippen molar-refractivity contribution in [3.05, 3.63) is 30.3 Å². The first-order valence-electron chi connectivity index (χ1n) is 5.17. The van der Waals surface area contributed by atoms with Gasteiger partial charge < -0.3 is 5.32 Å². The van der Waals surface area contributed by atoms with Gasteiger partial charge in [0.25, 0.3) is 0 Å². The third-order valence-electron chi connectivity index (χ3n) is 1.86. The Morgan fingerprint density at radius 1 is 1.38 bits per heavy atom. The van der Waals surface area contributed by atoms with Crippen molar-refractivity contribution >= 4 is 17.7 Å². The Balaban J connectivity index is 2.17. The van der Waals surface area contributed by atoms with Gasteiger partial charge in [-0.05, 0) is 19.1 Å². The molecule has 0 unspecified atom stereocenters. The van der Waals surface area contributed by atoms with Gasteiger partial charge in [0.05, 0.1) is 5.75 Å². The lowest BCUT2D eigenvalue weighted by Crippen LogP contribution is -2.25. The van der Waals surface area contributed by atoms with Crippen LogP contribution in [0.25, 0.3) is 0 Å². The lowest BCUT2D eigenvalue weighted by atomic mass is 10.4. The number of nitrogens with one attached hydrogen (secondary N) is 1. The molecule has 3 heteroatoms. The molecule has 1 N–H and O–H groups in total. The first-order chi connectivity index (χ1) is 7.83. The first-order valence-corrected chi connectivity index (χ1v) is 6.15. The maximum absolute atomic E-state index is 11.4. The lowest BCUT2D eigenvalue weighted by molar-refractivity contribution is -0.118. The number of amides is 1. The zero-order chi connectivity index (χ0) is 11.6. The van der Waals surface area contributed by atoms with Crippen LogP contribution < -0.4 is 5.32 Å². The van der Waals surface area contributed by atoms with Crippen LogP contribution in [0, 0.1) is 11.8 Å². The maximum atomic E-state index is 11.4. The van der Waals surface area contributed by atoms with Crippen molar-refractivity contribution in [3.63, 3.8) is 0 Å². The monoisotopic (exact) mass is 233 g/mol. The van der Waals surface area contributed by atoms with E-state index in [9.17, 15) is 4.79 Å². The first kappa shape index (κ1) is 12.7. The molecule has 16 heavy (non-hydrogen) atoms. The summed E-state index contributed by atoms with van der Waals surface area (Å²) in [5.41, 5.74) is 0. The topological polar surface area (TPSA) is 29.1 Å². The van der Waals surface area contributed by atoms with E-state index in [4.69, 9.17) is 0 Å². The quantitative estimate of drug-likeness (QED) is 0.480. The Hall–Kier alpha value is -1.40. The highest BCUT2D eigenvalue weighted by Gasteiger charge is 2.00. The second kappa shape index (κ2) is 7.84. The molecule has 0 atom stereocenters. The summed E-state index contributed by atoms with van der Waals surface area (Å²) in [5, 5.41) is 2.83. The van der Waals surface area contributed by atoms with Gasteiger partial charge in [0.1, 0.15) is 0 Å². The fourth-order valence-electron chi connectivity index (χ4n) is 1.11. The van der Waals surface area contributed by atoms with E-state index in [0.717, 1.165) is 11.3 Å². The van der Waals surface area contributed by atoms with E-state index < -0.39 is 0 Å². The summed E-state index contributed by atoms with van der Waals surface area (Å²) >= 11 is 1.54. The van der Waals surface area contributed by atoms with Crippen LogP contribution in [0.15, 0.2) is 35.2 Å². The Labute approximate surface area is 101 Å². The lowest BCUT2D eigenvalue weighted by Gasteiger charge is -2.02. The van der Waals surface area contributed by atoms with Crippen molar-refractivity contribution in [2.24, 2.45) is 0 Å². The number of carbonyl (C=O) groups excluding carboxylic acids is 1. The van der Waals surface area contributed by atoms with Crippen LogP contribution in [0.1, 0.15) is 13.3 Å². The molecule has 0 aromatic heterocycles. The van der Waals surface area contributed by atoms with Gasteiger partial charge in [-0.15, -0.1) is 23.6 Å². The van der Waals surface area contributed by atoms with Crippen LogP contribution in [0.4, 0.5) is 0 Å². The van der Waals surface area contributed by atoms with Crippen molar-refractivity contribution in [3.8, 4) is 11.8 Å². The summed E-state index contributed by atoms with van der Waals surface area (Å²) in [6.45, 7) is 2.43. The van der Waals surface area contributed by atoms with Gasteiger partial charge in [0, 0.05) is 17.9 Å². The smallest absolute Gasteiger partial charge is 0.230 e. The predicted octanol–water partition coefficient (Wildman–Crippen LogP) is 2.31. The zero-order valence-electron chi connectivity index (χ0n) is 9.32. The Kier molecular flexibility index (Phi) is 6.20. The second-order valence-electron chi connectivity index (χ2n) is 3.13. The van der Waals surface area contributed by atoms with Gasteiger partial charge in [0.2, 0.25) is 5.91 Å². The van der Waals surface area contributed by atoms with Crippen LogP contribution in [0.2, 0.25) is 0 Å². The van der Waals surface area contributed by atoms with Crippen LogP contribution in [0.5, 0.6) is 0 Å².